The molecule has 0 amide bonds. The van der Waals surface area contributed by atoms with Gasteiger partial charge in [-0.15, -0.1) is 11.6 Å². The normalized spacial score (nSPS) is 22.5. The van der Waals surface area contributed by atoms with Crippen molar-refractivity contribution in [3.05, 3.63) is 108 Å². The molecule has 3 aromatic rings. The van der Waals surface area contributed by atoms with Crippen LogP contribution in [0.3, 0.4) is 0 Å². The molecule has 1 saturated heterocycles. The summed E-state index contributed by atoms with van der Waals surface area (Å²) in [6.07, 6.45) is -6.74. The maximum atomic E-state index is 13.1. The number of hydrogen-bond acceptors (Lipinski definition) is 9. The molecule has 0 saturated carbocycles. The topological polar surface area (TPSA) is 118 Å². The van der Waals surface area contributed by atoms with Crippen LogP contribution in [0.15, 0.2) is 91.0 Å². The molecule has 1 N–H and O–H groups in total. The van der Waals surface area contributed by atoms with E-state index < -0.39 is 54.5 Å². The monoisotopic (exact) mass is 554 g/mol. The van der Waals surface area contributed by atoms with E-state index in [4.69, 9.17) is 35.3 Å². The minimum Gasteiger partial charge on any atom is -0.462 e. The number of hydrogen-bond donors (Lipinski definition) is 1. The molecule has 10 heteroatoms. The van der Waals surface area contributed by atoms with Crippen LogP contribution in [0.2, 0.25) is 0 Å². The first-order valence-electron chi connectivity index (χ1n) is 12.2. The van der Waals surface area contributed by atoms with Crippen molar-refractivity contribution in [3.8, 4) is 0 Å². The molecule has 9 nitrogen and oxygen atoms in total. The number of aliphatic hydroxyl groups excluding tert-OH is 1. The zero-order chi connectivity index (χ0) is 27.6. The van der Waals surface area contributed by atoms with Crippen LogP contribution in [0.1, 0.15) is 26.3 Å². The van der Waals surface area contributed by atoms with Crippen molar-refractivity contribution < 1.29 is 43.2 Å². The Morgan fingerprint density at radius 2 is 1.26 bits per heavy atom. The van der Waals surface area contributed by atoms with Gasteiger partial charge in [-0.05, 0) is 29.8 Å². The molecule has 5 atom stereocenters. The zero-order valence-electron chi connectivity index (χ0n) is 20.8. The number of carbonyl (C=O) groups is 3. The number of halogens is 1. The Morgan fingerprint density at radius 3 is 1.79 bits per heavy atom. The maximum Gasteiger partial charge on any atom is 0.338 e. The van der Waals surface area contributed by atoms with E-state index in [9.17, 15) is 19.5 Å². The Hall–Kier alpha value is -3.76. The SMILES string of the molecule is O=C(CCl)OC[C@H]1O[C@@H](O)[C@H](OC(=O)c2ccccc2)[C@@H](OC(=O)c2ccccc2)[C@@H]1OCc1ccccc1. The summed E-state index contributed by atoms with van der Waals surface area (Å²) >= 11 is 5.56. The molecule has 0 bridgehead atoms. The third-order valence-electron chi connectivity index (χ3n) is 5.92. The minimum atomic E-state index is -1.73. The quantitative estimate of drug-likeness (QED) is 0.228. The number of ether oxygens (including phenoxy) is 5. The summed E-state index contributed by atoms with van der Waals surface area (Å²) in [4.78, 5) is 37.8. The zero-order valence-corrected chi connectivity index (χ0v) is 21.5. The molecule has 3 aromatic carbocycles. The average molecular weight is 555 g/mol. The molecule has 39 heavy (non-hydrogen) atoms. The van der Waals surface area contributed by atoms with E-state index in [0.717, 1.165) is 5.56 Å². The Kier molecular flexibility index (Phi) is 10.0. The second-order valence-corrected chi connectivity index (χ2v) is 8.88. The largest absolute Gasteiger partial charge is 0.462 e. The van der Waals surface area contributed by atoms with Crippen LogP contribution < -0.4 is 0 Å². The summed E-state index contributed by atoms with van der Waals surface area (Å²) in [5.74, 6) is -2.61. The average Bonchev–Trinajstić information content (AvgIpc) is 2.98. The lowest BCUT2D eigenvalue weighted by Gasteiger charge is -2.43. The Balaban J connectivity index is 1.65. The molecular weight excluding hydrogens is 528 g/mol. The summed E-state index contributed by atoms with van der Waals surface area (Å²) in [5.41, 5.74) is 1.25. The van der Waals surface area contributed by atoms with Gasteiger partial charge in [0.05, 0.1) is 17.7 Å². The fourth-order valence-corrected chi connectivity index (χ4v) is 4.08. The number of benzene rings is 3. The molecule has 0 aliphatic carbocycles. The molecule has 204 valence electrons. The summed E-state index contributed by atoms with van der Waals surface area (Å²) < 4.78 is 28.4. The van der Waals surface area contributed by atoms with Crippen LogP contribution in [0.5, 0.6) is 0 Å². The lowest BCUT2D eigenvalue weighted by molar-refractivity contribution is -0.294. The van der Waals surface area contributed by atoms with Crippen molar-refractivity contribution >= 4 is 29.5 Å². The van der Waals surface area contributed by atoms with Crippen molar-refractivity contribution in [2.75, 3.05) is 12.5 Å². The van der Waals surface area contributed by atoms with Crippen molar-refractivity contribution in [2.24, 2.45) is 0 Å². The van der Waals surface area contributed by atoms with Gasteiger partial charge in [0, 0.05) is 0 Å². The first-order valence-corrected chi connectivity index (χ1v) is 12.7. The summed E-state index contributed by atoms with van der Waals surface area (Å²) in [7, 11) is 0. The van der Waals surface area contributed by atoms with Gasteiger partial charge in [0.2, 0.25) is 0 Å². The van der Waals surface area contributed by atoms with Gasteiger partial charge >= 0.3 is 17.9 Å². The lowest BCUT2D eigenvalue weighted by Crippen LogP contribution is -2.62. The summed E-state index contributed by atoms with van der Waals surface area (Å²) in [5, 5.41) is 10.9. The van der Waals surface area contributed by atoms with Gasteiger partial charge in [-0.1, -0.05) is 66.7 Å². The van der Waals surface area contributed by atoms with E-state index in [2.05, 4.69) is 0 Å². The fourth-order valence-electron chi connectivity index (χ4n) is 4.00. The van der Waals surface area contributed by atoms with E-state index in [0.29, 0.717) is 0 Å². The number of aliphatic hydroxyl groups is 1. The predicted molar refractivity (Wildman–Crippen MR) is 139 cm³/mol. The highest BCUT2D eigenvalue weighted by molar-refractivity contribution is 6.26. The second-order valence-electron chi connectivity index (χ2n) is 8.61. The highest BCUT2D eigenvalue weighted by atomic mass is 35.5. The van der Waals surface area contributed by atoms with Crippen LogP contribution in [0.25, 0.3) is 0 Å². The van der Waals surface area contributed by atoms with Crippen LogP contribution in [0, 0.1) is 0 Å². The van der Waals surface area contributed by atoms with Gasteiger partial charge in [-0.2, -0.15) is 0 Å². The lowest BCUT2D eigenvalue weighted by atomic mass is 9.98. The summed E-state index contributed by atoms with van der Waals surface area (Å²) in [6, 6.07) is 25.5. The first-order chi connectivity index (χ1) is 19.0. The molecule has 0 aromatic heterocycles. The van der Waals surface area contributed by atoms with Crippen LogP contribution in [0.4, 0.5) is 0 Å². The molecule has 1 heterocycles. The minimum absolute atomic E-state index is 0.0592. The molecular formula is C29H27ClO9. The standard InChI is InChI=1S/C29H27ClO9/c30-16-23(31)35-18-22-24(36-17-19-10-4-1-5-11-19)25(38-27(32)20-12-6-2-7-13-20)26(29(34)37-22)39-28(33)21-14-8-3-9-15-21/h1-15,22,24-26,29,34H,16-18H2/t22-,24-,25+,26-,29-/m1/s1. The van der Waals surface area contributed by atoms with Gasteiger partial charge in [0.1, 0.15) is 24.7 Å². The third kappa shape index (κ3) is 7.64. The number of rotatable bonds is 10. The summed E-state index contributed by atoms with van der Waals surface area (Å²) in [6.45, 7) is -0.301. The molecule has 1 aliphatic heterocycles. The van der Waals surface area contributed by atoms with Crippen molar-refractivity contribution in [1.82, 2.24) is 0 Å². The Bertz CT molecular complexity index is 1220. The molecule has 0 radical (unpaired) electrons. The Labute approximate surface area is 230 Å². The van der Waals surface area contributed by atoms with Crippen molar-refractivity contribution in [3.63, 3.8) is 0 Å². The second kappa shape index (κ2) is 13.9. The van der Waals surface area contributed by atoms with Crippen LogP contribution in [-0.2, 0) is 35.1 Å². The van der Waals surface area contributed by atoms with E-state index in [1.807, 2.05) is 30.3 Å². The molecule has 0 unspecified atom stereocenters. The maximum absolute atomic E-state index is 13.1. The smallest absolute Gasteiger partial charge is 0.338 e. The van der Waals surface area contributed by atoms with Gasteiger partial charge in [0.25, 0.3) is 0 Å². The number of alkyl halides is 1. The highest BCUT2D eigenvalue weighted by Gasteiger charge is 2.51. The predicted octanol–water partition coefficient (Wildman–Crippen LogP) is 3.52. The first kappa shape index (κ1) is 28.3. The number of esters is 3. The van der Waals surface area contributed by atoms with E-state index >= 15 is 0 Å². The van der Waals surface area contributed by atoms with Gasteiger partial charge in [-0.25, -0.2) is 9.59 Å². The third-order valence-corrected chi connectivity index (χ3v) is 6.14. The van der Waals surface area contributed by atoms with E-state index in [-0.39, 0.29) is 24.3 Å². The Morgan fingerprint density at radius 1 is 0.744 bits per heavy atom. The fraction of sp³-hybridized carbons (Fsp3) is 0.276. The van der Waals surface area contributed by atoms with Gasteiger partial charge < -0.3 is 28.8 Å². The van der Waals surface area contributed by atoms with Gasteiger partial charge in [0.15, 0.2) is 18.5 Å². The van der Waals surface area contributed by atoms with E-state index in [1.165, 1.54) is 0 Å². The highest BCUT2D eigenvalue weighted by Crippen LogP contribution is 2.30. The van der Waals surface area contributed by atoms with Crippen molar-refractivity contribution in [1.29, 1.82) is 0 Å². The molecule has 4 rings (SSSR count). The molecule has 1 fully saturated rings. The molecule has 1 aliphatic rings. The molecule has 0 spiro atoms. The van der Waals surface area contributed by atoms with Crippen LogP contribution >= 0.6 is 11.6 Å². The van der Waals surface area contributed by atoms with E-state index in [1.54, 1.807) is 60.7 Å². The van der Waals surface area contributed by atoms with Gasteiger partial charge in [-0.3, -0.25) is 4.79 Å². The van der Waals surface area contributed by atoms with Crippen molar-refractivity contribution in [2.45, 2.75) is 37.3 Å². The van der Waals surface area contributed by atoms with Crippen LogP contribution in [-0.4, -0.2) is 66.2 Å². The number of carbonyl (C=O) groups excluding carboxylic acids is 3.